The Morgan fingerprint density at radius 3 is 2.71 bits per heavy atom. The van der Waals surface area contributed by atoms with Crippen LogP contribution in [-0.4, -0.2) is 17.9 Å². The Kier molecular flexibility index (Phi) is 5.02. The molecule has 21 heavy (non-hydrogen) atoms. The third-order valence-electron chi connectivity index (χ3n) is 4.64. The normalized spacial score (nSPS) is 29.1. The van der Waals surface area contributed by atoms with Crippen molar-refractivity contribution in [2.24, 2.45) is 5.41 Å². The van der Waals surface area contributed by atoms with Crippen LogP contribution in [0.3, 0.4) is 0 Å². The van der Waals surface area contributed by atoms with Gasteiger partial charge in [-0.1, -0.05) is 23.3 Å². The van der Waals surface area contributed by atoms with Crippen molar-refractivity contribution in [1.82, 2.24) is 0 Å². The molecule has 0 amide bonds. The quantitative estimate of drug-likeness (QED) is 0.565. The van der Waals surface area contributed by atoms with Gasteiger partial charge in [0.2, 0.25) is 0 Å². The van der Waals surface area contributed by atoms with Crippen LogP contribution in [-0.2, 0) is 14.3 Å². The van der Waals surface area contributed by atoms with Gasteiger partial charge in [-0.05, 0) is 46.5 Å². The predicted molar refractivity (Wildman–Crippen MR) is 82.8 cm³/mol. The van der Waals surface area contributed by atoms with Crippen molar-refractivity contribution in [3.63, 3.8) is 0 Å². The van der Waals surface area contributed by atoms with Crippen molar-refractivity contribution >= 4 is 11.8 Å². The molecule has 1 aliphatic heterocycles. The Balaban J connectivity index is 2.00. The van der Waals surface area contributed by atoms with Gasteiger partial charge in [0.25, 0.3) is 0 Å². The summed E-state index contributed by atoms with van der Waals surface area (Å²) >= 11 is 0. The van der Waals surface area contributed by atoms with E-state index in [4.69, 9.17) is 4.74 Å². The van der Waals surface area contributed by atoms with Gasteiger partial charge >= 0.3 is 5.97 Å². The topological polar surface area (TPSA) is 43.4 Å². The molecule has 0 bridgehead atoms. The van der Waals surface area contributed by atoms with Crippen molar-refractivity contribution in [1.29, 1.82) is 0 Å². The number of ketones is 1. The molecule has 2 fully saturated rings. The lowest BCUT2D eigenvalue weighted by Crippen LogP contribution is -2.37. The standard InChI is InChI=1S/C18H26O3/c1-13(2)5-4-6-14(3)9-10-18-11-15(19)7-8-16(18)21-17(20)12-18/h5,9,16H,4,6-8,10-12H2,1-3H3/b14-9+. The molecule has 2 atom stereocenters. The van der Waals surface area contributed by atoms with Crippen LogP contribution in [0.15, 0.2) is 23.3 Å². The number of esters is 1. The van der Waals surface area contributed by atoms with E-state index in [1.807, 2.05) is 0 Å². The van der Waals surface area contributed by atoms with Gasteiger partial charge in [0.1, 0.15) is 11.9 Å². The van der Waals surface area contributed by atoms with Crippen LogP contribution < -0.4 is 0 Å². The number of ether oxygens (including phenoxy) is 1. The van der Waals surface area contributed by atoms with Crippen LogP contribution in [0, 0.1) is 5.41 Å². The van der Waals surface area contributed by atoms with Gasteiger partial charge in [-0.3, -0.25) is 9.59 Å². The molecule has 2 rings (SSSR count). The molecule has 1 saturated heterocycles. The highest BCUT2D eigenvalue weighted by Crippen LogP contribution is 2.47. The zero-order valence-corrected chi connectivity index (χ0v) is 13.4. The molecular formula is C18H26O3. The number of fused-ring (bicyclic) bond motifs is 1. The second-order valence-corrected chi connectivity index (χ2v) is 6.85. The average Bonchev–Trinajstić information content (AvgIpc) is 2.71. The fourth-order valence-electron chi connectivity index (χ4n) is 3.39. The molecule has 0 aromatic rings. The monoisotopic (exact) mass is 290 g/mol. The lowest BCUT2D eigenvalue weighted by atomic mass is 9.68. The highest BCUT2D eigenvalue weighted by Gasteiger charge is 2.51. The first kappa shape index (κ1) is 16.0. The third-order valence-corrected chi connectivity index (χ3v) is 4.64. The molecule has 0 radical (unpaired) electrons. The lowest BCUT2D eigenvalue weighted by Gasteiger charge is -2.35. The Morgan fingerprint density at radius 1 is 1.24 bits per heavy atom. The van der Waals surface area contributed by atoms with E-state index >= 15 is 0 Å². The van der Waals surface area contributed by atoms with Crippen molar-refractivity contribution in [2.75, 3.05) is 0 Å². The first-order valence-electron chi connectivity index (χ1n) is 7.91. The van der Waals surface area contributed by atoms with Crippen LogP contribution in [0.25, 0.3) is 0 Å². The molecule has 0 spiro atoms. The van der Waals surface area contributed by atoms with Crippen LogP contribution in [0.2, 0.25) is 0 Å². The molecular weight excluding hydrogens is 264 g/mol. The largest absolute Gasteiger partial charge is 0.462 e. The second kappa shape index (κ2) is 6.59. The van der Waals surface area contributed by atoms with Gasteiger partial charge in [0, 0.05) is 18.3 Å². The maximum Gasteiger partial charge on any atom is 0.306 e. The van der Waals surface area contributed by atoms with Gasteiger partial charge in [-0.2, -0.15) is 0 Å². The molecule has 0 aromatic heterocycles. The molecule has 1 saturated carbocycles. The summed E-state index contributed by atoms with van der Waals surface area (Å²) in [6.07, 6.45) is 9.45. The summed E-state index contributed by atoms with van der Waals surface area (Å²) < 4.78 is 5.43. The van der Waals surface area contributed by atoms with Gasteiger partial charge in [-0.15, -0.1) is 0 Å². The SMILES string of the molecule is CC(C)=CCC/C(C)=C/CC12CC(=O)CCC1OC(=O)C2. The summed E-state index contributed by atoms with van der Waals surface area (Å²) in [5, 5.41) is 0. The molecule has 116 valence electrons. The van der Waals surface area contributed by atoms with E-state index < -0.39 is 0 Å². The van der Waals surface area contributed by atoms with E-state index in [1.165, 1.54) is 11.1 Å². The van der Waals surface area contributed by atoms with Gasteiger partial charge < -0.3 is 4.74 Å². The smallest absolute Gasteiger partial charge is 0.306 e. The van der Waals surface area contributed by atoms with E-state index in [-0.39, 0.29) is 23.3 Å². The summed E-state index contributed by atoms with van der Waals surface area (Å²) in [4.78, 5) is 23.5. The number of hydrogen-bond acceptors (Lipinski definition) is 3. The molecule has 0 N–H and O–H groups in total. The minimum atomic E-state index is -0.260. The fraction of sp³-hybridized carbons (Fsp3) is 0.667. The number of Topliss-reactive ketones (excluding diaryl/α,β-unsaturated/α-hetero) is 1. The summed E-state index contributed by atoms with van der Waals surface area (Å²) in [6, 6.07) is 0. The second-order valence-electron chi connectivity index (χ2n) is 6.85. The molecule has 1 heterocycles. The highest BCUT2D eigenvalue weighted by molar-refractivity contribution is 5.83. The summed E-state index contributed by atoms with van der Waals surface area (Å²) in [5.74, 6) is 0.144. The number of carbonyl (C=O) groups excluding carboxylic acids is 2. The Bertz CT molecular complexity index is 481. The summed E-state index contributed by atoms with van der Waals surface area (Å²) in [5.41, 5.74) is 2.41. The number of hydrogen-bond donors (Lipinski definition) is 0. The van der Waals surface area contributed by atoms with Crippen molar-refractivity contribution in [3.05, 3.63) is 23.3 Å². The maximum atomic E-state index is 11.8. The van der Waals surface area contributed by atoms with Crippen LogP contribution >= 0.6 is 0 Å². The summed E-state index contributed by atoms with van der Waals surface area (Å²) in [6.45, 7) is 6.35. The summed E-state index contributed by atoms with van der Waals surface area (Å²) in [7, 11) is 0. The third kappa shape index (κ3) is 4.05. The average molecular weight is 290 g/mol. The Morgan fingerprint density at radius 2 is 2.00 bits per heavy atom. The number of rotatable bonds is 5. The molecule has 2 unspecified atom stereocenters. The van der Waals surface area contributed by atoms with Crippen molar-refractivity contribution in [3.8, 4) is 0 Å². The Labute approximate surface area is 127 Å². The van der Waals surface area contributed by atoms with Crippen LogP contribution in [0.4, 0.5) is 0 Å². The maximum absolute atomic E-state index is 11.8. The number of carbonyl (C=O) groups is 2. The van der Waals surface area contributed by atoms with E-state index in [1.54, 1.807) is 0 Å². The lowest BCUT2D eigenvalue weighted by molar-refractivity contribution is -0.144. The molecule has 1 aliphatic carbocycles. The van der Waals surface area contributed by atoms with Gasteiger partial charge in [-0.25, -0.2) is 0 Å². The molecule has 3 nitrogen and oxygen atoms in total. The van der Waals surface area contributed by atoms with Gasteiger partial charge in [0.15, 0.2) is 0 Å². The van der Waals surface area contributed by atoms with E-state index in [2.05, 4.69) is 32.9 Å². The predicted octanol–water partition coefficient (Wildman–Crippen LogP) is 4.12. The zero-order valence-electron chi connectivity index (χ0n) is 13.4. The van der Waals surface area contributed by atoms with Crippen molar-refractivity contribution in [2.45, 2.75) is 71.8 Å². The van der Waals surface area contributed by atoms with Crippen LogP contribution in [0.1, 0.15) is 65.7 Å². The Hall–Kier alpha value is -1.38. The van der Waals surface area contributed by atoms with Crippen molar-refractivity contribution < 1.29 is 14.3 Å². The first-order chi connectivity index (χ1) is 9.91. The highest BCUT2D eigenvalue weighted by atomic mass is 16.6. The molecule has 3 heteroatoms. The first-order valence-corrected chi connectivity index (χ1v) is 7.91. The van der Waals surface area contributed by atoms with E-state index in [0.29, 0.717) is 25.7 Å². The zero-order chi connectivity index (χ0) is 15.5. The van der Waals surface area contributed by atoms with Gasteiger partial charge in [0.05, 0.1) is 6.42 Å². The van der Waals surface area contributed by atoms with E-state index in [0.717, 1.165) is 19.3 Å². The minimum absolute atomic E-state index is 0.0514. The fourth-order valence-corrected chi connectivity index (χ4v) is 3.39. The van der Waals surface area contributed by atoms with Crippen LogP contribution in [0.5, 0.6) is 0 Å². The molecule has 0 aromatic carbocycles. The molecule has 2 aliphatic rings. The van der Waals surface area contributed by atoms with E-state index in [9.17, 15) is 9.59 Å². The number of allylic oxidation sites excluding steroid dienone is 4. The minimum Gasteiger partial charge on any atom is -0.462 e.